The summed E-state index contributed by atoms with van der Waals surface area (Å²) < 4.78 is 1.65. The van der Waals surface area contributed by atoms with Gasteiger partial charge >= 0.3 is 0 Å². The number of amides is 1. The van der Waals surface area contributed by atoms with Crippen molar-refractivity contribution in [2.75, 3.05) is 5.32 Å². The van der Waals surface area contributed by atoms with E-state index in [4.69, 9.17) is 5.73 Å². The lowest BCUT2D eigenvalue weighted by atomic mass is 9.95. The van der Waals surface area contributed by atoms with Crippen LogP contribution < -0.4 is 11.1 Å². The second-order valence-corrected chi connectivity index (χ2v) is 5.57. The molecule has 0 saturated carbocycles. The zero-order valence-corrected chi connectivity index (χ0v) is 12.0. The van der Waals surface area contributed by atoms with Crippen LogP contribution in [0.2, 0.25) is 0 Å². The molecule has 2 aromatic rings. The monoisotopic (exact) mass is 274 g/mol. The number of nitrogens with one attached hydrogen (secondary N) is 1. The van der Waals surface area contributed by atoms with Gasteiger partial charge in [-0.25, -0.2) is 9.97 Å². The molecule has 0 bridgehead atoms. The zero-order valence-electron chi connectivity index (χ0n) is 12.0. The number of anilines is 2. The maximum absolute atomic E-state index is 11.6. The van der Waals surface area contributed by atoms with Gasteiger partial charge in [-0.3, -0.25) is 9.48 Å². The topological polar surface area (TPSA) is 98.7 Å². The molecule has 0 saturated heterocycles. The molecule has 0 aromatic carbocycles. The summed E-state index contributed by atoms with van der Waals surface area (Å²) in [6.07, 6.45) is 3.35. The van der Waals surface area contributed by atoms with Gasteiger partial charge in [0, 0.05) is 24.7 Å². The number of carbonyl (C=O) groups is 1. The second kappa shape index (κ2) is 4.92. The summed E-state index contributed by atoms with van der Waals surface area (Å²) >= 11 is 0. The van der Waals surface area contributed by atoms with Crippen LogP contribution in [0.3, 0.4) is 0 Å². The number of rotatable bonds is 3. The molecular formula is C13H18N6O. The summed E-state index contributed by atoms with van der Waals surface area (Å²) in [6.45, 7) is 5.91. The number of aromatic nitrogens is 4. The largest absolute Gasteiger partial charge is 0.364 e. The summed E-state index contributed by atoms with van der Waals surface area (Å²) in [5.74, 6) is 0.566. The lowest BCUT2D eigenvalue weighted by Gasteiger charge is -2.17. The Morgan fingerprint density at radius 2 is 2.10 bits per heavy atom. The quantitative estimate of drug-likeness (QED) is 0.880. The van der Waals surface area contributed by atoms with Crippen molar-refractivity contribution in [2.24, 2.45) is 12.8 Å². The van der Waals surface area contributed by atoms with E-state index in [2.05, 4.69) is 20.4 Å². The van der Waals surface area contributed by atoms with Gasteiger partial charge in [-0.1, -0.05) is 20.8 Å². The molecule has 2 aromatic heterocycles. The minimum atomic E-state index is -0.601. The number of nitrogens with two attached hydrogens (primary N) is 1. The van der Waals surface area contributed by atoms with Gasteiger partial charge in [-0.2, -0.15) is 5.10 Å². The van der Waals surface area contributed by atoms with Crippen LogP contribution in [0.15, 0.2) is 18.5 Å². The van der Waals surface area contributed by atoms with E-state index in [0.717, 1.165) is 0 Å². The van der Waals surface area contributed by atoms with Crippen molar-refractivity contribution in [3.63, 3.8) is 0 Å². The molecule has 0 atom stereocenters. The molecule has 0 aliphatic heterocycles. The highest BCUT2D eigenvalue weighted by Crippen LogP contribution is 2.22. The van der Waals surface area contributed by atoms with E-state index >= 15 is 0 Å². The van der Waals surface area contributed by atoms with Gasteiger partial charge in [0.25, 0.3) is 5.91 Å². The molecule has 0 spiro atoms. The molecule has 1 amide bonds. The Bertz CT molecular complexity index is 641. The van der Waals surface area contributed by atoms with Gasteiger partial charge < -0.3 is 11.1 Å². The maximum atomic E-state index is 11.6. The van der Waals surface area contributed by atoms with Crippen molar-refractivity contribution in [1.82, 2.24) is 19.7 Å². The van der Waals surface area contributed by atoms with E-state index in [1.54, 1.807) is 30.2 Å². The Labute approximate surface area is 117 Å². The molecule has 106 valence electrons. The van der Waals surface area contributed by atoms with E-state index in [9.17, 15) is 4.79 Å². The fourth-order valence-corrected chi connectivity index (χ4v) is 1.64. The average Bonchev–Trinajstić information content (AvgIpc) is 2.73. The van der Waals surface area contributed by atoms with Crippen molar-refractivity contribution in [3.8, 4) is 0 Å². The molecule has 0 unspecified atom stereocenters. The van der Waals surface area contributed by atoms with Gasteiger partial charge in [-0.05, 0) is 0 Å². The Morgan fingerprint density at radius 3 is 2.60 bits per heavy atom. The first-order valence-corrected chi connectivity index (χ1v) is 6.21. The minimum absolute atomic E-state index is 0.163. The van der Waals surface area contributed by atoms with Gasteiger partial charge in [0.05, 0.1) is 11.9 Å². The number of primary amides is 1. The number of nitrogens with zero attached hydrogens (tertiary/aromatic N) is 4. The number of aryl methyl sites for hydroxylation is 1. The summed E-state index contributed by atoms with van der Waals surface area (Å²) in [6, 6.07) is 1.78. The van der Waals surface area contributed by atoms with Crippen LogP contribution in [0, 0.1) is 0 Å². The van der Waals surface area contributed by atoms with E-state index < -0.39 is 5.91 Å². The Hall–Kier alpha value is -2.44. The molecule has 0 aliphatic carbocycles. The molecular weight excluding hydrogens is 256 g/mol. The standard InChI is InChI=1S/C13H18N6O/c1-13(2,3)12-15-7-8(10(17-12)11(14)20)16-9-5-6-19(4)18-9/h5-7H,1-4H3,(H2,14,20)(H,16,18). The molecule has 20 heavy (non-hydrogen) atoms. The van der Waals surface area contributed by atoms with Gasteiger partial charge in [0.2, 0.25) is 0 Å². The van der Waals surface area contributed by atoms with Crippen LogP contribution in [0.4, 0.5) is 11.5 Å². The van der Waals surface area contributed by atoms with Gasteiger partial charge in [-0.15, -0.1) is 0 Å². The first kappa shape index (κ1) is 14.0. The maximum Gasteiger partial charge on any atom is 0.269 e. The van der Waals surface area contributed by atoms with Crippen molar-refractivity contribution in [2.45, 2.75) is 26.2 Å². The third kappa shape index (κ3) is 2.93. The Kier molecular flexibility index (Phi) is 3.44. The molecule has 7 heteroatoms. The molecule has 7 nitrogen and oxygen atoms in total. The van der Waals surface area contributed by atoms with Crippen LogP contribution in [-0.2, 0) is 12.5 Å². The lowest BCUT2D eigenvalue weighted by molar-refractivity contribution is 0.0996. The van der Waals surface area contributed by atoms with E-state index in [-0.39, 0.29) is 11.1 Å². The number of carbonyl (C=O) groups excluding carboxylic acids is 1. The Balaban J connectivity index is 2.40. The number of hydrogen-bond acceptors (Lipinski definition) is 5. The smallest absolute Gasteiger partial charge is 0.269 e. The summed E-state index contributed by atoms with van der Waals surface area (Å²) in [7, 11) is 1.80. The lowest BCUT2D eigenvalue weighted by Crippen LogP contribution is -2.22. The molecule has 2 rings (SSSR count). The van der Waals surface area contributed by atoms with Crippen LogP contribution >= 0.6 is 0 Å². The van der Waals surface area contributed by atoms with Gasteiger partial charge in [0.1, 0.15) is 5.82 Å². The number of hydrogen-bond donors (Lipinski definition) is 2. The fraction of sp³-hybridized carbons (Fsp3) is 0.385. The van der Waals surface area contributed by atoms with Crippen molar-refractivity contribution < 1.29 is 4.79 Å². The fourth-order valence-electron chi connectivity index (χ4n) is 1.64. The molecule has 3 N–H and O–H groups in total. The van der Waals surface area contributed by atoms with Crippen LogP contribution in [0.1, 0.15) is 37.1 Å². The third-order valence-corrected chi connectivity index (χ3v) is 2.67. The van der Waals surface area contributed by atoms with E-state index in [1.165, 1.54) is 0 Å². The zero-order chi connectivity index (χ0) is 14.9. The average molecular weight is 274 g/mol. The normalized spacial score (nSPS) is 11.4. The van der Waals surface area contributed by atoms with Crippen LogP contribution in [-0.4, -0.2) is 25.7 Å². The highest BCUT2D eigenvalue weighted by molar-refractivity contribution is 5.96. The molecule has 0 fully saturated rings. The van der Waals surface area contributed by atoms with Crippen molar-refractivity contribution in [1.29, 1.82) is 0 Å². The highest BCUT2D eigenvalue weighted by Gasteiger charge is 2.21. The first-order valence-electron chi connectivity index (χ1n) is 6.21. The van der Waals surface area contributed by atoms with Gasteiger partial charge in [0.15, 0.2) is 11.5 Å². The first-order chi connectivity index (χ1) is 9.27. The van der Waals surface area contributed by atoms with Crippen molar-refractivity contribution >= 4 is 17.4 Å². The predicted octanol–water partition coefficient (Wildman–Crippen LogP) is 1.35. The SMILES string of the molecule is Cn1ccc(Nc2cnc(C(C)(C)C)nc2C(N)=O)n1. The van der Waals surface area contributed by atoms with Crippen molar-refractivity contribution in [3.05, 3.63) is 30.0 Å². The van der Waals surface area contributed by atoms with Crippen LogP contribution in [0.5, 0.6) is 0 Å². The Morgan fingerprint density at radius 1 is 1.40 bits per heavy atom. The second-order valence-electron chi connectivity index (χ2n) is 5.57. The molecule has 0 aliphatic rings. The minimum Gasteiger partial charge on any atom is -0.364 e. The predicted molar refractivity (Wildman–Crippen MR) is 75.7 cm³/mol. The molecule has 0 radical (unpaired) electrons. The van der Waals surface area contributed by atoms with Crippen LogP contribution in [0.25, 0.3) is 0 Å². The summed E-state index contributed by atoms with van der Waals surface area (Å²) in [5.41, 5.74) is 5.75. The van der Waals surface area contributed by atoms with E-state index in [0.29, 0.717) is 17.3 Å². The highest BCUT2D eigenvalue weighted by atomic mass is 16.1. The molecule has 2 heterocycles. The third-order valence-electron chi connectivity index (χ3n) is 2.67. The van der Waals surface area contributed by atoms with E-state index in [1.807, 2.05) is 20.8 Å². The summed E-state index contributed by atoms with van der Waals surface area (Å²) in [5, 5.41) is 7.17. The summed E-state index contributed by atoms with van der Waals surface area (Å²) in [4.78, 5) is 20.1.